The van der Waals surface area contributed by atoms with Crippen molar-refractivity contribution in [2.75, 3.05) is 19.6 Å². The zero-order valence-corrected chi connectivity index (χ0v) is 17.0. The molecule has 0 bridgehead atoms. The normalized spacial score (nSPS) is 23.7. The minimum atomic E-state index is -4.21. The van der Waals surface area contributed by atoms with Crippen molar-refractivity contribution in [2.45, 2.75) is 62.4 Å². The Balaban J connectivity index is 1.55. The summed E-state index contributed by atoms with van der Waals surface area (Å²) in [7, 11) is 0. The number of fused-ring (bicyclic) bond motifs is 1. The molecule has 1 unspecified atom stereocenters. The van der Waals surface area contributed by atoms with Crippen LogP contribution in [0, 0.1) is 5.92 Å². The van der Waals surface area contributed by atoms with Gasteiger partial charge >= 0.3 is 6.18 Å². The SMILES string of the molecule is FC(F)(F)C1=CC2=C(CC1)Sc1ccccc1CC2CCCN1CCCCC1. The Bertz CT molecular complexity index is 759. The lowest BCUT2D eigenvalue weighted by molar-refractivity contribution is -0.0942. The fourth-order valence-electron chi connectivity index (χ4n) is 4.69. The summed E-state index contributed by atoms with van der Waals surface area (Å²) in [5, 5.41) is 0. The highest BCUT2D eigenvalue weighted by molar-refractivity contribution is 8.03. The number of rotatable bonds is 4. The Labute approximate surface area is 170 Å². The van der Waals surface area contributed by atoms with E-state index in [1.165, 1.54) is 48.9 Å². The first-order valence-corrected chi connectivity index (χ1v) is 11.3. The van der Waals surface area contributed by atoms with Crippen molar-refractivity contribution in [1.82, 2.24) is 4.90 Å². The molecule has 152 valence electrons. The topological polar surface area (TPSA) is 3.24 Å². The number of nitrogens with zero attached hydrogens (tertiary/aromatic N) is 1. The van der Waals surface area contributed by atoms with Crippen molar-refractivity contribution in [3.63, 3.8) is 0 Å². The summed E-state index contributed by atoms with van der Waals surface area (Å²) >= 11 is 1.70. The van der Waals surface area contributed by atoms with Gasteiger partial charge in [-0.3, -0.25) is 0 Å². The molecule has 0 aromatic heterocycles. The molecule has 0 amide bonds. The van der Waals surface area contributed by atoms with E-state index >= 15 is 0 Å². The average Bonchev–Trinajstić information content (AvgIpc) is 2.84. The first-order valence-electron chi connectivity index (χ1n) is 10.5. The number of likely N-dealkylation sites (tertiary alicyclic amines) is 1. The molecule has 1 nitrogen and oxygen atoms in total. The highest BCUT2D eigenvalue weighted by Gasteiger charge is 2.37. The quantitative estimate of drug-likeness (QED) is 0.543. The Hall–Kier alpha value is -1.20. The second-order valence-corrected chi connectivity index (χ2v) is 9.34. The molecule has 1 fully saturated rings. The average molecular weight is 408 g/mol. The van der Waals surface area contributed by atoms with Gasteiger partial charge in [-0.25, -0.2) is 0 Å². The van der Waals surface area contributed by atoms with Gasteiger partial charge in [0.25, 0.3) is 0 Å². The summed E-state index contributed by atoms with van der Waals surface area (Å²) in [6, 6.07) is 8.34. The maximum absolute atomic E-state index is 13.4. The van der Waals surface area contributed by atoms with Crippen LogP contribution in [0.3, 0.4) is 0 Å². The molecule has 4 rings (SSSR count). The Morgan fingerprint density at radius 3 is 2.61 bits per heavy atom. The smallest absolute Gasteiger partial charge is 0.303 e. The van der Waals surface area contributed by atoms with E-state index in [4.69, 9.17) is 0 Å². The molecule has 0 radical (unpaired) electrons. The maximum atomic E-state index is 13.4. The maximum Gasteiger partial charge on any atom is 0.412 e. The largest absolute Gasteiger partial charge is 0.412 e. The summed E-state index contributed by atoms with van der Waals surface area (Å²) < 4.78 is 40.1. The van der Waals surface area contributed by atoms with Crippen LogP contribution in [-0.4, -0.2) is 30.7 Å². The van der Waals surface area contributed by atoms with Crippen molar-refractivity contribution < 1.29 is 13.2 Å². The molecule has 3 aliphatic rings. The molecule has 5 heteroatoms. The lowest BCUT2D eigenvalue weighted by Crippen LogP contribution is -2.31. The van der Waals surface area contributed by atoms with Gasteiger partial charge in [0.05, 0.1) is 0 Å². The van der Waals surface area contributed by atoms with E-state index in [2.05, 4.69) is 17.0 Å². The van der Waals surface area contributed by atoms with Crippen LogP contribution in [0.4, 0.5) is 13.2 Å². The third kappa shape index (κ3) is 4.68. The standard InChI is InChI=1S/C23H28F3NS/c24-23(25,26)19-10-11-22-20(16-19)17(8-6-14-27-12-4-1-5-13-27)15-18-7-2-3-9-21(18)28-22/h2-3,7,9,16-17H,1,4-6,8,10-15H2. The van der Waals surface area contributed by atoms with E-state index in [0.717, 1.165) is 36.3 Å². The van der Waals surface area contributed by atoms with Crippen LogP contribution in [0.2, 0.25) is 0 Å². The van der Waals surface area contributed by atoms with Crippen LogP contribution in [0.5, 0.6) is 0 Å². The Morgan fingerprint density at radius 1 is 1.04 bits per heavy atom. The fraction of sp³-hybridized carbons (Fsp3) is 0.565. The summed E-state index contributed by atoms with van der Waals surface area (Å²) in [4.78, 5) is 4.90. The summed E-state index contributed by atoms with van der Waals surface area (Å²) in [6.07, 6.45) is 4.67. The number of hydrogen-bond acceptors (Lipinski definition) is 2. The van der Waals surface area contributed by atoms with Crippen LogP contribution in [0.1, 0.15) is 50.5 Å². The minimum Gasteiger partial charge on any atom is -0.303 e. The van der Waals surface area contributed by atoms with Crippen LogP contribution in [0.25, 0.3) is 0 Å². The number of piperidine rings is 1. The zero-order valence-electron chi connectivity index (χ0n) is 16.2. The predicted molar refractivity (Wildman–Crippen MR) is 109 cm³/mol. The van der Waals surface area contributed by atoms with Crippen LogP contribution in [-0.2, 0) is 6.42 Å². The van der Waals surface area contributed by atoms with Gasteiger partial charge in [0.1, 0.15) is 0 Å². The van der Waals surface area contributed by atoms with E-state index in [1.807, 2.05) is 12.1 Å². The van der Waals surface area contributed by atoms with Gasteiger partial charge in [-0.15, -0.1) is 0 Å². The lowest BCUT2D eigenvalue weighted by atomic mass is 9.83. The van der Waals surface area contributed by atoms with Crippen molar-refractivity contribution in [2.24, 2.45) is 5.92 Å². The fourth-order valence-corrected chi connectivity index (χ4v) is 5.94. The van der Waals surface area contributed by atoms with Gasteiger partial charge in [0, 0.05) is 10.5 Å². The molecule has 28 heavy (non-hydrogen) atoms. The summed E-state index contributed by atoms with van der Waals surface area (Å²) in [6.45, 7) is 3.43. The molecule has 1 aromatic rings. The summed E-state index contributed by atoms with van der Waals surface area (Å²) in [5.41, 5.74) is 1.89. The molecule has 1 saturated heterocycles. The molecule has 0 spiro atoms. The molecule has 0 N–H and O–H groups in total. The van der Waals surface area contributed by atoms with Gasteiger partial charge < -0.3 is 4.90 Å². The molecule has 1 aromatic carbocycles. The van der Waals surface area contributed by atoms with Crippen molar-refractivity contribution in [3.8, 4) is 0 Å². The number of thioether (sulfide) groups is 1. The minimum absolute atomic E-state index is 0.109. The molecule has 2 aliphatic heterocycles. The number of allylic oxidation sites excluding steroid dienone is 4. The third-order valence-corrected chi connectivity index (χ3v) is 7.53. The molecule has 2 heterocycles. The van der Waals surface area contributed by atoms with Gasteiger partial charge in [0.15, 0.2) is 0 Å². The van der Waals surface area contributed by atoms with E-state index < -0.39 is 6.18 Å². The van der Waals surface area contributed by atoms with E-state index in [0.29, 0.717) is 6.42 Å². The van der Waals surface area contributed by atoms with Crippen LogP contribution < -0.4 is 0 Å². The highest BCUT2D eigenvalue weighted by atomic mass is 32.2. The number of alkyl halides is 3. The number of hydrogen-bond donors (Lipinski definition) is 0. The molecular formula is C23H28F3NS. The highest BCUT2D eigenvalue weighted by Crippen LogP contribution is 2.47. The lowest BCUT2D eigenvalue weighted by Gasteiger charge is -2.28. The van der Waals surface area contributed by atoms with Gasteiger partial charge in [-0.2, -0.15) is 13.2 Å². The van der Waals surface area contributed by atoms with Gasteiger partial charge in [-0.05, 0) is 98.7 Å². The second kappa shape index (κ2) is 8.66. The number of benzene rings is 1. The van der Waals surface area contributed by atoms with Crippen molar-refractivity contribution in [3.05, 3.63) is 52.0 Å². The van der Waals surface area contributed by atoms with Crippen LogP contribution in [0.15, 0.2) is 51.3 Å². The first kappa shape index (κ1) is 20.1. The third-order valence-electron chi connectivity index (χ3n) is 6.22. The molecular weight excluding hydrogens is 379 g/mol. The van der Waals surface area contributed by atoms with Crippen LogP contribution >= 0.6 is 11.8 Å². The van der Waals surface area contributed by atoms with Crippen molar-refractivity contribution >= 4 is 11.8 Å². The zero-order chi connectivity index (χ0) is 19.6. The van der Waals surface area contributed by atoms with E-state index in [-0.39, 0.29) is 17.9 Å². The summed E-state index contributed by atoms with van der Waals surface area (Å²) in [5.74, 6) is 0.189. The molecule has 0 saturated carbocycles. The molecule has 1 atom stereocenters. The van der Waals surface area contributed by atoms with E-state index in [1.54, 1.807) is 11.8 Å². The Morgan fingerprint density at radius 2 is 1.82 bits per heavy atom. The second-order valence-electron chi connectivity index (χ2n) is 8.20. The Kier molecular flexibility index (Phi) is 6.21. The van der Waals surface area contributed by atoms with Crippen molar-refractivity contribution in [1.29, 1.82) is 0 Å². The van der Waals surface area contributed by atoms with Gasteiger partial charge in [0.2, 0.25) is 0 Å². The monoisotopic (exact) mass is 407 g/mol. The number of halogens is 3. The van der Waals surface area contributed by atoms with E-state index in [9.17, 15) is 13.2 Å². The predicted octanol–water partition coefficient (Wildman–Crippen LogP) is 6.75. The molecule has 1 aliphatic carbocycles. The van der Waals surface area contributed by atoms with Gasteiger partial charge in [-0.1, -0.05) is 36.4 Å². The first-order chi connectivity index (χ1) is 13.5.